The fourth-order valence-corrected chi connectivity index (χ4v) is 2.01. The highest BCUT2D eigenvalue weighted by atomic mass is 19.4. The molecule has 0 radical (unpaired) electrons. The molecule has 1 aliphatic rings. The molecule has 1 fully saturated rings. The summed E-state index contributed by atoms with van der Waals surface area (Å²) in [5.74, 6) is -1.09. The van der Waals surface area contributed by atoms with Gasteiger partial charge in [-0.25, -0.2) is 0 Å². The average molecular weight is 269 g/mol. The molecule has 0 aliphatic carbocycles. The molecule has 7 heteroatoms. The lowest BCUT2D eigenvalue weighted by molar-refractivity contribution is -0.163. The van der Waals surface area contributed by atoms with Crippen molar-refractivity contribution in [2.24, 2.45) is 5.41 Å². The average Bonchev–Trinajstić information content (AvgIpc) is 2.64. The van der Waals surface area contributed by atoms with E-state index >= 15 is 0 Å². The first-order valence-corrected chi connectivity index (χ1v) is 5.78. The summed E-state index contributed by atoms with van der Waals surface area (Å²) in [5, 5.41) is 9.20. The number of carbonyl (C=O) groups is 1. The Bertz CT molecular complexity index is 298. The molecule has 1 saturated heterocycles. The molecule has 1 atom stereocenters. The van der Waals surface area contributed by atoms with Crippen molar-refractivity contribution in [3.63, 3.8) is 0 Å². The van der Waals surface area contributed by atoms with Gasteiger partial charge >= 0.3 is 12.1 Å². The van der Waals surface area contributed by atoms with Crippen LogP contribution in [0.5, 0.6) is 0 Å². The first-order chi connectivity index (χ1) is 8.16. The summed E-state index contributed by atoms with van der Waals surface area (Å²) in [6, 6.07) is -0.372. The summed E-state index contributed by atoms with van der Waals surface area (Å²) in [7, 11) is 0. The predicted octanol–water partition coefficient (Wildman–Crippen LogP) is 1.75. The van der Waals surface area contributed by atoms with Crippen LogP contribution in [0, 0.1) is 5.41 Å². The summed E-state index contributed by atoms with van der Waals surface area (Å²) in [4.78, 5) is 12.4. The Morgan fingerprint density at radius 3 is 2.44 bits per heavy atom. The quantitative estimate of drug-likeness (QED) is 0.826. The van der Waals surface area contributed by atoms with E-state index in [1.807, 2.05) is 0 Å². The highest BCUT2D eigenvalue weighted by Crippen LogP contribution is 2.32. The summed E-state index contributed by atoms with van der Waals surface area (Å²) in [5.41, 5.74) is -1.21. The van der Waals surface area contributed by atoms with Crippen molar-refractivity contribution < 1.29 is 27.8 Å². The van der Waals surface area contributed by atoms with Crippen LogP contribution < -0.4 is 0 Å². The van der Waals surface area contributed by atoms with E-state index in [0.29, 0.717) is 0 Å². The third-order valence-corrected chi connectivity index (χ3v) is 3.18. The van der Waals surface area contributed by atoms with Crippen LogP contribution in [0.2, 0.25) is 0 Å². The van der Waals surface area contributed by atoms with Crippen LogP contribution >= 0.6 is 0 Å². The van der Waals surface area contributed by atoms with Crippen molar-refractivity contribution in [3.05, 3.63) is 0 Å². The minimum atomic E-state index is -4.33. The molecule has 18 heavy (non-hydrogen) atoms. The number of aliphatic carboxylic acids is 1. The summed E-state index contributed by atoms with van der Waals surface area (Å²) >= 11 is 0. The Labute approximate surface area is 104 Å². The van der Waals surface area contributed by atoms with E-state index in [-0.39, 0.29) is 32.2 Å². The van der Waals surface area contributed by atoms with Gasteiger partial charge in [0, 0.05) is 19.2 Å². The molecule has 1 N–H and O–H groups in total. The Morgan fingerprint density at radius 2 is 2.11 bits per heavy atom. The number of carboxylic acid groups (broad SMARTS) is 1. The van der Waals surface area contributed by atoms with Gasteiger partial charge in [-0.1, -0.05) is 0 Å². The second-order valence-electron chi connectivity index (χ2n) is 5.00. The normalized spacial score (nSPS) is 25.1. The molecule has 1 aliphatic heterocycles. The van der Waals surface area contributed by atoms with Gasteiger partial charge in [-0.3, -0.25) is 9.69 Å². The molecule has 0 bridgehead atoms. The van der Waals surface area contributed by atoms with Gasteiger partial charge < -0.3 is 9.84 Å². The molecule has 1 unspecified atom stereocenters. The van der Waals surface area contributed by atoms with Crippen LogP contribution in [0.15, 0.2) is 0 Å². The van der Waals surface area contributed by atoms with Gasteiger partial charge in [0.2, 0.25) is 0 Å². The molecule has 0 aromatic heterocycles. The topological polar surface area (TPSA) is 49.8 Å². The van der Waals surface area contributed by atoms with Gasteiger partial charge in [0.1, 0.15) is 5.41 Å². The monoisotopic (exact) mass is 269 g/mol. The van der Waals surface area contributed by atoms with Crippen LogP contribution in [-0.2, 0) is 9.53 Å². The van der Waals surface area contributed by atoms with E-state index in [2.05, 4.69) is 0 Å². The number of halogens is 3. The molecule has 0 saturated carbocycles. The minimum Gasteiger partial charge on any atom is -0.481 e. The summed E-state index contributed by atoms with van der Waals surface area (Å²) in [6.07, 6.45) is -4.08. The molecule has 1 heterocycles. The molecule has 1 rings (SSSR count). The van der Waals surface area contributed by atoms with Crippen molar-refractivity contribution >= 4 is 5.97 Å². The number of hydrogen-bond acceptors (Lipinski definition) is 3. The van der Waals surface area contributed by atoms with Crippen molar-refractivity contribution in [1.29, 1.82) is 0 Å². The Hall–Kier alpha value is -0.820. The second-order valence-corrected chi connectivity index (χ2v) is 5.00. The molecule has 0 aromatic carbocycles. The predicted molar refractivity (Wildman–Crippen MR) is 58.3 cm³/mol. The maximum atomic E-state index is 12.4. The van der Waals surface area contributed by atoms with Crippen LogP contribution in [0.1, 0.15) is 20.3 Å². The number of rotatable bonds is 5. The van der Waals surface area contributed by atoms with Crippen LogP contribution in [0.4, 0.5) is 13.2 Å². The first-order valence-electron chi connectivity index (χ1n) is 5.78. The molecule has 0 amide bonds. The van der Waals surface area contributed by atoms with Crippen molar-refractivity contribution in [2.45, 2.75) is 32.5 Å². The van der Waals surface area contributed by atoms with Crippen molar-refractivity contribution in [2.75, 3.05) is 26.3 Å². The van der Waals surface area contributed by atoms with Gasteiger partial charge in [0.15, 0.2) is 0 Å². The number of alkyl halides is 3. The third kappa shape index (κ3) is 3.84. The SMILES string of the molecule is CC(C)N(CC(F)(F)F)CC1(C(=O)O)CCOC1. The summed E-state index contributed by atoms with van der Waals surface area (Å²) in [6.45, 7) is 2.26. The highest BCUT2D eigenvalue weighted by Gasteiger charge is 2.45. The molecule has 4 nitrogen and oxygen atoms in total. The Morgan fingerprint density at radius 1 is 1.50 bits per heavy atom. The zero-order valence-electron chi connectivity index (χ0n) is 10.5. The van der Waals surface area contributed by atoms with Crippen molar-refractivity contribution in [3.8, 4) is 0 Å². The maximum absolute atomic E-state index is 12.4. The number of nitrogens with zero attached hydrogens (tertiary/aromatic N) is 1. The van der Waals surface area contributed by atoms with E-state index in [1.54, 1.807) is 13.8 Å². The number of hydrogen-bond donors (Lipinski definition) is 1. The van der Waals surface area contributed by atoms with E-state index in [0.717, 1.165) is 4.90 Å². The maximum Gasteiger partial charge on any atom is 0.401 e. The lowest BCUT2D eigenvalue weighted by Crippen LogP contribution is -2.49. The second kappa shape index (κ2) is 5.44. The third-order valence-electron chi connectivity index (χ3n) is 3.18. The Kier molecular flexibility index (Phi) is 4.61. The van der Waals surface area contributed by atoms with Crippen LogP contribution in [0.25, 0.3) is 0 Å². The van der Waals surface area contributed by atoms with E-state index in [9.17, 15) is 23.1 Å². The largest absolute Gasteiger partial charge is 0.481 e. The number of carboxylic acids is 1. The number of ether oxygens (including phenoxy) is 1. The zero-order chi connectivity index (χ0) is 14.0. The Balaban J connectivity index is 2.78. The molecular formula is C11H18F3NO3. The molecule has 106 valence electrons. The summed E-state index contributed by atoms with van der Waals surface area (Å²) < 4.78 is 42.4. The van der Waals surface area contributed by atoms with Gasteiger partial charge in [0.05, 0.1) is 13.2 Å². The van der Waals surface area contributed by atoms with E-state index < -0.39 is 24.1 Å². The van der Waals surface area contributed by atoms with Crippen LogP contribution in [0.3, 0.4) is 0 Å². The van der Waals surface area contributed by atoms with Gasteiger partial charge in [-0.15, -0.1) is 0 Å². The van der Waals surface area contributed by atoms with E-state index in [4.69, 9.17) is 4.74 Å². The first kappa shape index (κ1) is 15.2. The van der Waals surface area contributed by atoms with Gasteiger partial charge in [-0.2, -0.15) is 13.2 Å². The lowest BCUT2D eigenvalue weighted by atomic mass is 9.86. The highest BCUT2D eigenvalue weighted by molar-refractivity contribution is 5.75. The smallest absolute Gasteiger partial charge is 0.401 e. The van der Waals surface area contributed by atoms with Crippen LogP contribution in [-0.4, -0.2) is 54.5 Å². The van der Waals surface area contributed by atoms with Crippen molar-refractivity contribution in [1.82, 2.24) is 4.90 Å². The lowest BCUT2D eigenvalue weighted by Gasteiger charge is -2.34. The fraction of sp³-hybridized carbons (Fsp3) is 0.909. The minimum absolute atomic E-state index is 0.0244. The zero-order valence-corrected chi connectivity index (χ0v) is 10.5. The molecule has 0 spiro atoms. The standard InChI is InChI=1S/C11H18F3NO3/c1-8(2)15(6-11(12,13)14)5-10(9(16)17)3-4-18-7-10/h8H,3-7H2,1-2H3,(H,16,17). The van der Waals surface area contributed by atoms with Gasteiger partial charge in [0.25, 0.3) is 0 Å². The molecule has 0 aromatic rings. The fourth-order valence-electron chi connectivity index (χ4n) is 2.01. The molecular weight excluding hydrogens is 251 g/mol. The van der Waals surface area contributed by atoms with E-state index in [1.165, 1.54) is 0 Å². The van der Waals surface area contributed by atoms with Gasteiger partial charge in [-0.05, 0) is 20.3 Å².